The van der Waals surface area contributed by atoms with Crippen LogP contribution < -0.4 is 0 Å². The third kappa shape index (κ3) is 7.64. The number of aliphatic carboxylic acids is 1. The van der Waals surface area contributed by atoms with Crippen LogP contribution >= 0.6 is 0 Å². The summed E-state index contributed by atoms with van der Waals surface area (Å²) in [6.07, 6.45) is -1.96. The first-order chi connectivity index (χ1) is 22.3. The lowest BCUT2D eigenvalue weighted by atomic mass is 9.78. The molecule has 12 heteroatoms. The van der Waals surface area contributed by atoms with Crippen molar-refractivity contribution in [2.24, 2.45) is 35.5 Å². The Hall–Kier alpha value is -0.930. The highest BCUT2D eigenvalue weighted by Gasteiger charge is 2.63. The Morgan fingerprint density at radius 2 is 1.67 bits per heavy atom. The van der Waals surface area contributed by atoms with E-state index in [1.54, 1.807) is 13.8 Å². The molecule has 0 saturated carbocycles. The van der Waals surface area contributed by atoms with Gasteiger partial charge in [-0.2, -0.15) is 0 Å². The van der Waals surface area contributed by atoms with Crippen molar-refractivity contribution >= 4 is 5.97 Å². The molecule has 0 radical (unpaired) electrons. The lowest BCUT2D eigenvalue weighted by Gasteiger charge is -2.49. The summed E-state index contributed by atoms with van der Waals surface area (Å²) in [5, 5.41) is 62.8. The van der Waals surface area contributed by atoms with E-state index in [2.05, 4.69) is 6.92 Å². The van der Waals surface area contributed by atoms with Crippen molar-refractivity contribution in [3.05, 3.63) is 0 Å². The zero-order chi connectivity index (χ0) is 35.9. The van der Waals surface area contributed by atoms with Gasteiger partial charge in [0.25, 0.3) is 0 Å². The smallest absolute Gasteiger partial charge is 0.308 e. The maximum absolute atomic E-state index is 11.8. The Morgan fingerprint density at radius 1 is 1.00 bits per heavy atom. The number of carbonyl (C=O) groups is 1. The first kappa shape index (κ1) is 39.8. The molecule has 4 saturated heterocycles. The molecule has 4 aliphatic heterocycles. The minimum Gasteiger partial charge on any atom is -0.481 e. The van der Waals surface area contributed by atoms with Gasteiger partial charge in [0.2, 0.25) is 0 Å². The summed E-state index contributed by atoms with van der Waals surface area (Å²) in [7, 11) is 1.50. The van der Waals surface area contributed by atoms with Gasteiger partial charge in [0.1, 0.15) is 5.60 Å². The Bertz CT molecular complexity index is 1080. The summed E-state index contributed by atoms with van der Waals surface area (Å²) >= 11 is 0. The van der Waals surface area contributed by atoms with Crippen molar-refractivity contribution in [2.75, 3.05) is 13.7 Å². The minimum atomic E-state index is -1.08. The number of methoxy groups -OCH3 is 1. The van der Waals surface area contributed by atoms with Crippen LogP contribution in [0.3, 0.4) is 0 Å². The molecule has 4 aliphatic rings. The van der Waals surface area contributed by atoms with Gasteiger partial charge in [0, 0.05) is 31.8 Å². The molecule has 0 aromatic rings. The fourth-order valence-electron chi connectivity index (χ4n) is 9.37. The molecule has 12 nitrogen and oxygen atoms in total. The highest BCUT2D eigenvalue weighted by molar-refractivity contribution is 5.70. The molecule has 0 aliphatic carbocycles. The number of hydrogen-bond donors (Lipinski definition) is 6. The maximum atomic E-state index is 11.8. The van der Waals surface area contributed by atoms with Crippen molar-refractivity contribution in [1.82, 2.24) is 0 Å². The van der Waals surface area contributed by atoms with E-state index in [0.717, 1.165) is 0 Å². The SMILES string of the molecule is CO[C@H]([C@H](C)[C@H]1O[C@@]2(CC[C@@](C)([C@H]3CC[C@@](C(C)O)([C@@H]4O[C@@H]([C@@H](O)[C@@H](C)C[C@@H](C)C(O)CO)C[C@@H]4C)O3)O2)C[C@H](O)[C@H]1C)[C@H](C)C(=O)O. The van der Waals surface area contributed by atoms with Gasteiger partial charge in [0.15, 0.2) is 5.79 Å². The van der Waals surface area contributed by atoms with E-state index in [1.165, 1.54) is 7.11 Å². The number of aliphatic hydroxyl groups excluding tert-OH is 5. The Labute approximate surface area is 286 Å². The van der Waals surface area contributed by atoms with Crippen molar-refractivity contribution < 1.29 is 59.1 Å². The second kappa shape index (κ2) is 15.4. The van der Waals surface area contributed by atoms with Gasteiger partial charge in [0.05, 0.1) is 73.1 Å². The van der Waals surface area contributed by atoms with Crippen molar-refractivity contribution in [1.29, 1.82) is 0 Å². The van der Waals surface area contributed by atoms with E-state index in [0.29, 0.717) is 38.5 Å². The quantitative estimate of drug-likeness (QED) is 0.157. The average Bonchev–Trinajstić information content (AvgIpc) is 3.75. The molecule has 0 amide bonds. The van der Waals surface area contributed by atoms with Gasteiger partial charge in [-0.25, -0.2) is 0 Å². The largest absolute Gasteiger partial charge is 0.481 e. The summed E-state index contributed by atoms with van der Waals surface area (Å²) in [6.45, 7) is 14.7. The molecule has 0 aromatic carbocycles. The highest BCUT2D eigenvalue weighted by atomic mass is 16.7. The normalized spacial score (nSPS) is 43.8. The molecular weight excluding hydrogens is 624 g/mol. The Balaban J connectivity index is 1.47. The van der Waals surface area contributed by atoms with E-state index < -0.39 is 77.7 Å². The second-order valence-corrected chi connectivity index (χ2v) is 16.2. The van der Waals surface area contributed by atoms with Gasteiger partial charge in [-0.1, -0.05) is 34.6 Å². The van der Waals surface area contributed by atoms with Crippen LogP contribution in [0.4, 0.5) is 0 Å². The molecule has 4 fully saturated rings. The van der Waals surface area contributed by atoms with Crippen LogP contribution in [0.15, 0.2) is 0 Å². The number of rotatable bonds is 14. The van der Waals surface area contributed by atoms with Crippen LogP contribution in [-0.4, -0.2) is 122 Å². The molecule has 4 heterocycles. The van der Waals surface area contributed by atoms with E-state index in [1.807, 2.05) is 34.6 Å². The summed E-state index contributed by atoms with van der Waals surface area (Å²) < 4.78 is 32.6. The van der Waals surface area contributed by atoms with Gasteiger partial charge < -0.3 is 54.3 Å². The Morgan fingerprint density at radius 3 is 2.25 bits per heavy atom. The minimum absolute atomic E-state index is 0.00298. The highest BCUT2D eigenvalue weighted by Crippen LogP contribution is 2.54. The lowest BCUT2D eigenvalue weighted by Crippen LogP contribution is -2.57. The number of carboxylic acid groups (broad SMARTS) is 1. The number of aliphatic hydroxyl groups is 5. The molecule has 0 aromatic heterocycles. The fourth-order valence-corrected chi connectivity index (χ4v) is 9.37. The van der Waals surface area contributed by atoms with Crippen LogP contribution in [0, 0.1) is 35.5 Å². The standard InChI is InChI=1S/C36H64O12/c1-18(26(40)17-37)14-19(2)29(41)27-15-20(3)32(45-27)36(24(7)38)11-10-28(46-36)34(8)12-13-35(48-34)16-25(39)21(4)31(47-35)22(5)30(44-9)23(6)33(42)43/h18-32,37-41H,10-17H2,1-9H3,(H,42,43)/t18-,19+,20+,21-,22+,23+,24?,25+,26?,27-,28-,29+,30-,31+,32-,34+,35-,36-/m1/s1. The van der Waals surface area contributed by atoms with Crippen molar-refractivity contribution in [2.45, 2.75) is 172 Å². The van der Waals surface area contributed by atoms with Crippen LogP contribution in [0.1, 0.15) is 100 Å². The molecule has 18 atom stereocenters. The molecule has 0 bridgehead atoms. The topological polar surface area (TPSA) is 185 Å². The summed E-state index contributed by atoms with van der Waals surface area (Å²) in [5.74, 6) is -3.76. The summed E-state index contributed by atoms with van der Waals surface area (Å²) in [6, 6.07) is 0. The number of carboxylic acids is 1. The maximum Gasteiger partial charge on any atom is 0.308 e. The summed E-state index contributed by atoms with van der Waals surface area (Å²) in [5.41, 5.74) is -1.79. The number of ether oxygens (including phenoxy) is 5. The monoisotopic (exact) mass is 688 g/mol. The first-order valence-corrected chi connectivity index (χ1v) is 18.1. The molecule has 2 unspecified atom stereocenters. The zero-order valence-corrected chi connectivity index (χ0v) is 30.4. The molecule has 1 spiro atoms. The van der Waals surface area contributed by atoms with E-state index in [4.69, 9.17) is 23.7 Å². The zero-order valence-electron chi connectivity index (χ0n) is 30.4. The predicted molar refractivity (Wildman–Crippen MR) is 176 cm³/mol. The molecule has 4 rings (SSSR count). The molecule has 6 N–H and O–H groups in total. The van der Waals surface area contributed by atoms with Crippen molar-refractivity contribution in [3.8, 4) is 0 Å². The fraction of sp³-hybridized carbons (Fsp3) is 0.972. The molecule has 280 valence electrons. The third-order valence-corrected chi connectivity index (χ3v) is 12.6. The predicted octanol–water partition coefficient (Wildman–Crippen LogP) is 2.88. The van der Waals surface area contributed by atoms with E-state index in [9.17, 15) is 35.4 Å². The third-order valence-electron chi connectivity index (χ3n) is 12.6. The van der Waals surface area contributed by atoms with E-state index >= 15 is 0 Å². The summed E-state index contributed by atoms with van der Waals surface area (Å²) in [4.78, 5) is 11.8. The van der Waals surface area contributed by atoms with Crippen molar-refractivity contribution in [3.63, 3.8) is 0 Å². The van der Waals surface area contributed by atoms with Gasteiger partial charge >= 0.3 is 5.97 Å². The van der Waals surface area contributed by atoms with Gasteiger partial charge in [-0.15, -0.1) is 0 Å². The molecular formula is C36H64O12. The number of hydrogen-bond acceptors (Lipinski definition) is 11. The second-order valence-electron chi connectivity index (χ2n) is 16.2. The first-order valence-electron chi connectivity index (χ1n) is 18.1. The van der Waals surface area contributed by atoms with Gasteiger partial charge in [-0.3, -0.25) is 4.79 Å². The van der Waals surface area contributed by atoms with Gasteiger partial charge in [-0.05, 0) is 70.6 Å². The van der Waals surface area contributed by atoms with E-state index in [-0.39, 0.29) is 48.7 Å². The van der Waals surface area contributed by atoms with Crippen LogP contribution in [0.2, 0.25) is 0 Å². The lowest BCUT2D eigenvalue weighted by molar-refractivity contribution is -0.336. The van der Waals surface area contributed by atoms with Crippen LogP contribution in [-0.2, 0) is 28.5 Å². The molecule has 48 heavy (non-hydrogen) atoms. The van der Waals surface area contributed by atoms with Crippen LogP contribution in [0.25, 0.3) is 0 Å². The average molecular weight is 689 g/mol. The van der Waals surface area contributed by atoms with Crippen LogP contribution in [0.5, 0.6) is 0 Å². The Kier molecular flexibility index (Phi) is 12.7.